The fraction of sp³-hybridized carbons (Fsp3) is 0.190. The molecule has 3 aromatic rings. The van der Waals surface area contributed by atoms with Crippen molar-refractivity contribution >= 4 is 28.1 Å². The van der Waals surface area contributed by atoms with Gasteiger partial charge < -0.3 is 5.32 Å². The van der Waals surface area contributed by atoms with Crippen LogP contribution < -0.4 is 10.9 Å². The smallest absolute Gasteiger partial charge is 0.284 e. The maximum absolute atomic E-state index is 13.8. The van der Waals surface area contributed by atoms with Crippen LogP contribution in [0.4, 0.5) is 4.39 Å². The lowest BCUT2D eigenvalue weighted by Gasteiger charge is -2.26. The third-order valence-corrected chi connectivity index (χ3v) is 7.02. The number of rotatable bonds is 4. The third-order valence-electron chi connectivity index (χ3n) is 4.95. The Morgan fingerprint density at radius 2 is 1.94 bits per heavy atom. The van der Waals surface area contributed by atoms with E-state index in [2.05, 4.69) is 10.4 Å². The van der Waals surface area contributed by atoms with Crippen LogP contribution in [0, 0.1) is 5.82 Å². The van der Waals surface area contributed by atoms with Crippen molar-refractivity contribution in [1.29, 1.82) is 0 Å². The maximum atomic E-state index is 13.8. The maximum Gasteiger partial charge on any atom is 0.284 e. The van der Waals surface area contributed by atoms with Gasteiger partial charge in [-0.15, -0.1) is 0 Å². The highest BCUT2D eigenvalue weighted by Gasteiger charge is 2.30. The van der Waals surface area contributed by atoms with Crippen molar-refractivity contribution in [3.63, 3.8) is 0 Å². The molecule has 2 heterocycles. The van der Waals surface area contributed by atoms with Gasteiger partial charge in [0, 0.05) is 22.4 Å². The predicted octanol–water partition coefficient (Wildman–Crippen LogP) is 3.94. The minimum atomic E-state index is -2.71. The molecule has 4 rings (SSSR count). The van der Waals surface area contributed by atoms with E-state index in [0.717, 1.165) is 10.7 Å². The number of aromatic nitrogens is 2. The first-order valence-electron chi connectivity index (χ1n) is 9.42. The third kappa shape index (κ3) is 4.80. The number of halogens is 2. The largest absolute Gasteiger partial charge is 0.347 e. The molecule has 31 heavy (non-hydrogen) atoms. The molecule has 1 atom stereocenters. The van der Waals surface area contributed by atoms with Crippen LogP contribution in [0.3, 0.4) is 0 Å². The van der Waals surface area contributed by atoms with Gasteiger partial charge in [-0.1, -0.05) is 29.8 Å². The number of carbonyl (C=O) groups is 1. The molecule has 1 aliphatic heterocycles. The van der Waals surface area contributed by atoms with E-state index in [-0.39, 0.29) is 22.8 Å². The molecule has 2 aromatic carbocycles. The molecular formula is C21H19ClFN3O4S. The van der Waals surface area contributed by atoms with Gasteiger partial charge in [0.15, 0.2) is 0 Å². The summed E-state index contributed by atoms with van der Waals surface area (Å²) >= 11 is 5.95. The first-order chi connectivity index (χ1) is 14.7. The number of hydrogen-bond donors (Lipinski definition) is 3. The molecule has 1 unspecified atom stereocenters. The zero-order valence-electron chi connectivity index (χ0n) is 16.2. The average molecular weight is 464 g/mol. The lowest BCUT2D eigenvalue weighted by atomic mass is 10.1. The van der Waals surface area contributed by atoms with E-state index in [1.54, 1.807) is 24.3 Å². The second kappa shape index (κ2) is 8.43. The van der Waals surface area contributed by atoms with E-state index < -0.39 is 33.9 Å². The number of benzene rings is 2. The Labute approximate surface area is 183 Å². The Bertz CT molecular complexity index is 1200. The van der Waals surface area contributed by atoms with Gasteiger partial charge in [0.25, 0.3) is 11.5 Å². The molecular weight excluding hydrogens is 445 g/mol. The molecule has 1 amide bonds. The van der Waals surface area contributed by atoms with E-state index in [4.69, 9.17) is 11.6 Å². The Morgan fingerprint density at radius 3 is 2.58 bits per heavy atom. The monoisotopic (exact) mass is 463 g/mol. The highest BCUT2D eigenvalue weighted by molar-refractivity contribution is 8.24. The van der Waals surface area contributed by atoms with E-state index in [0.29, 0.717) is 22.7 Å². The van der Waals surface area contributed by atoms with Gasteiger partial charge in [0.05, 0.1) is 17.1 Å². The number of nitrogens with one attached hydrogen (secondary N) is 1. The minimum absolute atomic E-state index is 0.0476. The van der Waals surface area contributed by atoms with Crippen LogP contribution in [0.15, 0.2) is 59.4 Å². The Kier molecular flexibility index (Phi) is 5.85. The van der Waals surface area contributed by atoms with Gasteiger partial charge in [-0.2, -0.15) is 20.4 Å². The highest BCUT2D eigenvalue weighted by Crippen LogP contribution is 2.45. The molecule has 0 spiro atoms. The first kappa shape index (κ1) is 21.5. The summed E-state index contributed by atoms with van der Waals surface area (Å²) in [5.41, 5.74) is 0.197. The number of carbonyl (C=O) groups excluding carboxylic acids is 1. The Balaban J connectivity index is 1.79. The van der Waals surface area contributed by atoms with E-state index >= 15 is 0 Å². The molecule has 3 N–H and O–H groups in total. The van der Waals surface area contributed by atoms with Gasteiger partial charge in [0.1, 0.15) is 11.4 Å². The van der Waals surface area contributed by atoms with Crippen LogP contribution in [0.5, 0.6) is 0 Å². The lowest BCUT2D eigenvalue weighted by molar-refractivity contribution is 0.0939. The zero-order valence-corrected chi connectivity index (χ0v) is 17.7. The summed E-state index contributed by atoms with van der Waals surface area (Å²) in [6.45, 7) is 0. The van der Waals surface area contributed by atoms with Crippen molar-refractivity contribution in [2.45, 2.75) is 12.5 Å². The lowest BCUT2D eigenvalue weighted by Crippen LogP contribution is -2.39. The number of hydrogen-bond acceptors (Lipinski definition) is 5. The van der Waals surface area contributed by atoms with Gasteiger partial charge >= 0.3 is 0 Å². The van der Waals surface area contributed by atoms with Crippen LogP contribution in [-0.2, 0) is 0 Å². The van der Waals surface area contributed by atoms with Gasteiger partial charge in [-0.05, 0) is 42.8 Å². The molecule has 1 aromatic heterocycles. The second-order valence-corrected chi connectivity index (χ2v) is 10.1. The summed E-state index contributed by atoms with van der Waals surface area (Å²) in [6, 6.07) is 12.9. The summed E-state index contributed by atoms with van der Waals surface area (Å²) in [5.74, 6) is -0.954. The molecule has 10 heteroatoms. The molecule has 1 saturated heterocycles. The molecule has 7 nitrogen and oxygen atoms in total. The van der Waals surface area contributed by atoms with Crippen LogP contribution >= 0.6 is 22.2 Å². The minimum Gasteiger partial charge on any atom is -0.347 e. The number of amides is 1. The van der Waals surface area contributed by atoms with Gasteiger partial charge in [-0.3, -0.25) is 18.7 Å². The number of nitrogens with zero attached hydrogens (tertiary/aromatic N) is 2. The van der Waals surface area contributed by atoms with E-state index in [1.807, 2.05) is 0 Å². The normalized spacial score (nSPS) is 18.5. The molecule has 1 fully saturated rings. The quantitative estimate of drug-likeness (QED) is 0.543. The summed E-state index contributed by atoms with van der Waals surface area (Å²) in [4.78, 5) is 26.0. The van der Waals surface area contributed by atoms with Crippen LogP contribution in [-0.4, -0.2) is 42.3 Å². The SMILES string of the molecule is O=C(NC1CCS(O)(O)C1)c1cc(-c2ccc(Cl)cc2)nn(-c2cccc(F)c2)c1=O. The van der Waals surface area contributed by atoms with Crippen molar-refractivity contribution in [2.24, 2.45) is 0 Å². The van der Waals surface area contributed by atoms with Crippen LogP contribution in [0.25, 0.3) is 16.9 Å². The van der Waals surface area contributed by atoms with E-state index in [1.165, 1.54) is 24.3 Å². The van der Waals surface area contributed by atoms with Crippen molar-refractivity contribution in [2.75, 3.05) is 11.5 Å². The van der Waals surface area contributed by atoms with Crippen molar-refractivity contribution in [3.8, 4) is 16.9 Å². The molecule has 162 valence electrons. The molecule has 0 radical (unpaired) electrons. The summed E-state index contributed by atoms with van der Waals surface area (Å²) in [6.07, 6.45) is 0.404. The van der Waals surface area contributed by atoms with Gasteiger partial charge in [-0.25, -0.2) is 4.39 Å². The van der Waals surface area contributed by atoms with Crippen molar-refractivity contribution in [1.82, 2.24) is 15.1 Å². The molecule has 0 aliphatic carbocycles. The first-order valence-corrected chi connectivity index (χ1v) is 11.7. The van der Waals surface area contributed by atoms with Crippen LogP contribution in [0.2, 0.25) is 5.02 Å². The fourth-order valence-corrected chi connectivity index (χ4v) is 5.25. The Morgan fingerprint density at radius 1 is 1.19 bits per heavy atom. The summed E-state index contributed by atoms with van der Waals surface area (Å²) < 4.78 is 34.4. The fourth-order valence-electron chi connectivity index (χ4n) is 3.40. The zero-order chi connectivity index (χ0) is 22.2. The van der Waals surface area contributed by atoms with Crippen molar-refractivity contribution < 1.29 is 18.3 Å². The topological polar surface area (TPSA) is 104 Å². The molecule has 0 bridgehead atoms. The molecule has 0 saturated carbocycles. The van der Waals surface area contributed by atoms with E-state index in [9.17, 15) is 23.1 Å². The average Bonchev–Trinajstić information content (AvgIpc) is 3.07. The second-order valence-electron chi connectivity index (χ2n) is 7.28. The summed E-state index contributed by atoms with van der Waals surface area (Å²) in [7, 11) is -2.71. The van der Waals surface area contributed by atoms with Gasteiger partial charge in [0.2, 0.25) is 0 Å². The standard InChI is InChI=1S/C21H19ClFN3O4S/c22-14-6-4-13(5-7-14)19-11-18(20(27)24-16-8-9-31(29,30)12-16)21(28)26(25-19)17-3-1-2-15(23)10-17/h1-7,10-11,16,29-30H,8-9,12H2,(H,24,27). The summed E-state index contributed by atoms with van der Waals surface area (Å²) in [5, 5.41) is 7.53. The Hall–Kier alpha value is -2.72. The predicted molar refractivity (Wildman–Crippen MR) is 119 cm³/mol. The van der Waals surface area contributed by atoms with Crippen LogP contribution in [0.1, 0.15) is 16.8 Å². The highest BCUT2D eigenvalue weighted by atomic mass is 35.5. The van der Waals surface area contributed by atoms with Crippen molar-refractivity contribution in [3.05, 3.63) is 81.4 Å². The molecule has 1 aliphatic rings.